The fraction of sp³-hybridized carbons (Fsp3) is 0.167. The number of carbonyl (C=O) groups excluding carboxylic acids is 1. The maximum Gasteiger partial charge on any atom is 0.274 e. The standard InChI is InChI=1S/C18H15N3O2S/c1-3-13-17(23)21-16(20)12(9-19)10(2)14(18(21)24-13)15(22)11-7-5-4-6-8-11/h3-8,10H,20H2,1-2H3/b13-3-. The van der Waals surface area contributed by atoms with Crippen LogP contribution in [0.25, 0.3) is 17.5 Å². The van der Waals surface area contributed by atoms with Gasteiger partial charge in [0.2, 0.25) is 0 Å². The smallest absolute Gasteiger partial charge is 0.274 e. The maximum absolute atomic E-state index is 13.0. The van der Waals surface area contributed by atoms with E-state index in [1.807, 2.05) is 6.07 Å². The summed E-state index contributed by atoms with van der Waals surface area (Å²) in [5.41, 5.74) is 6.94. The molecule has 0 fully saturated rings. The number of aromatic nitrogens is 1. The van der Waals surface area contributed by atoms with Crippen LogP contribution >= 0.6 is 11.3 Å². The molecular formula is C18H15N3O2S. The minimum Gasteiger partial charge on any atom is -0.384 e. The molecular weight excluding hydrogens is 322 g/mol. The zero-order valence-corrected chi connectivity index (χ0v) is 14.1. The van der Waals surface area contributed by atoms with Gasteiger partial charge in [0.15, 0.2) is 5.78 Å². The zero-order valence-electron chi connectivity index (χ0n) is 13.2. The number of rotatable bonds is 2. The second-order valence-electron chi connectivity index (χ2n) is 5.44. The highest BCUT2D eigenvalue weighted by atomic mass is 32.1. The van der Waals surface area contributed by atoms with Gasteiger partial charge >= 0.3 is 0 Å². The van der Waals surface area contributed by atoms with Crippen molar-refractivity contribution in [1.29, 1.82) is 5.26 Å². The predicted octanol–water partition coefficient (Wildman–Crippen LogP) is 1.04. The third kappa shape index (κ3) is 2.22. The molecule has 0 saturated carbocycles. The van der Waals surface area contributed by atoms with Crippen molar-refractivity contribution in [2.24, 2.45) is 11.7 Å². The zero-order chi connectivity index (χ0) is 17.4. The van der Waals surface area contributed by atoms with Gasteiger partial charge < -0.3 is 5.73 Å². The number of fused-ring (bicyclic) bond motifs is 1. The molecule has 1 aliphatic heterocycles. The highest BCUT2D eigenvalue weighted by Gasteiger charge is 2.31. The fourth-order valence-electron chi connectivity index (χ4n) is 2.84. The van der Waals surface area contributed by atoms with Crippen molar-refractivity contribution in [3.05, 3.63) is 61.0 Å². The average molecular weight is 337 g/mol. The number of Topliss-reactive ketones (excluding diaryl/α,β-unsaturated/α-hetero) is 1. The van der Waals surface area contributed by atoms with Crippen LogP contribution in [0.15, 0.2) is 40.7 Å². The first-order valence-electron chi connectivity index (χ1n) is 7.43. The van der Waals surface area contributed by atoms with Crippen molar-refractivity contribution in [1.82, 2.24) is 4.57 Å². The summed E-state index contributed by atoms with van der Waals surface area (Å²) < 4.78 is 2.29. The van der Waals surface area contributed by atoms with Crippen LogP contribution in [0.4, 0.5) is 0 Å². The number of allylic oxidation sites excluding steroid dienone is 1. The van der Waals surface area contributed by atoms with Crippen molar-refractivity contribution in [3.63, 3.8) is 0 Å². The lowest BCUT2D eigenvalue weighted by Gasteiger charge is -2.21. The van der Waals surface area contributed by atoms with E-state index in [1.54, 1.807) is 44.2 Å². The molecule has 1 aromatic carbocycles. The Labute approximate surface area is 142 Å². The van der Waals surface area contributed by atoms with Gasteiger partial charge in [0.1, 0.15) is 10.5 Å². The minimum atomic E-state index is -0.467. The van der Waals surface area contributed by atoms with Gasteiger partial charge in [-0.1, -0.05) is 43.3 Å². The van der Waals surface area contributed by atoms with Crippen LogP contribution in [-0.4, -0.2) is 10.4 Å². The topological polar surface area (TPSA) is 88.9 Å². The van der Waals surface area contributed by atoms with Gasteiger partial charge in [-0.25, -0.2) is 0 Å². The van der Waals surface area contributed by atoms with E-state index in [0.717, 1.165) is 0 Å². The summed E-state index contributed by atoms with van der Waals surface area (Å²) in [7, 11) is 0. The van der Waals surface area contributed by atoms with E-state index in [9.17, 15) is 14.9 Å². The first-order chi connectivity index (χ1) is 11.5. The van der Waals surface area contributed by atoms with Crippen LogP contribution in [0, 0.1) is 17.2 Å². The molecule has 0 bridgehead atoms. The van der Waals surface area contributed by atoms with E-state index in [0.29, 0.717) is 20.3 Å². The van der Waals surface area contributed by atoms with Gasteiger partial charge in [-0.2, -0.15) is 5.26 Å². The Morgan fingerprint density at radius 3 is 2.62 bits per heavy atom. The van der Waals surface area contributed by atoms with Crippen LogP contribution in [0.1, 0.15) is 24.2 Å². The van der Waals surface area contributed by atoms with E-state index in [4.69, 9.17) is 5.73 Å². The quantitative estimate of drug-likeness (QED) is 0.830. The molecule has 0 aliphatic carbocycles. The predicted molar refractivity (Wildman–Crippen MR) is 94.3 cm³/mol. The summed E-state index contributed by atoms with van der Waals surface area (Å²) >= 11 is 1.23. The second-order valence-corrected chi connectivity index (χ2v) is 6.47. The molecule has 1 unspecified atom stereocenters. The highest BCUT2D eigenvalue weighted by Crippen LogP contribution is 2.28. The van der Waals surface area contributed by atoms with Crippen molar-refractivity contribution in [3.8, 4) is 6.07 Å². The molecule has 120 valence electrons. The van der Waals surface area contributed by atoms with E-state index >= 15 is 0 Å². The third-order valence-corrected chi connectivity index (χ3v) is 5.33. The summed E-state index contributed by atoms with van der Waals surface area (Å²) in [5.74, 6) is -0.551. The van der Waals surface area contributed by atoms with Gasteiger partial charge in [-0.3, -0.25) is 14.2 Å². The molecule has 3 rings (SSSR count). The van der Waals surface area contributed by atoms with Gasteiger partial charge in [-0.05, 0) is 6.92 Å². The molecule has 0 spiro atoms. The van der Waals surface area contributed by atoms with E-state index < -0.39 is 5.92 Å². The number of thiazole rings is 1. The molecule has 6 heteroatoms. The molecule has 1 atom stereocenters. The van der Waals surface area contributed by atoms with Crippen molar-refractivity contribution in [2.45, 2.75) is 13.8 Å². The summed E-state index contributed by atoms with van der Waals surface area (Å²) in [4.78, 5) is 25.5. The van der Waals surface area contributed by atoms with Gasteiger partial charge in [0.05, 0.1) is 16.2 Å². The lowest BCUT2D eigenvalue weighted by atomic mass is 9.87. The molecule has 0 amide bonds. The largest absolute Gasteiger partial charge is 0.384 e. The summed E-state index contributed by atoms with van der Waals surface area (Å²) in [5, 5.41) is 9.45. The van der Waals surface area contributed by atoms with Crippen molar-refractivity contribution >= 4 is 34.6 Å². The van der Waals surface area contributed by atoms with Crippen LogP contribution in [0.3, 0.4) is 0 Å². The van der Waals surface area contributed by atoms with Crippen molar-refractivity contribution < 1.29 is 4.79 Å². The lowest BCUT2D eigenvalue weighted by Crippen LogP contribution is -2.39. The number of nitrogens with two attached hydrogens (primary N) is 1. The third-order valence-electron chi connectivity index (χ3n) is 4.10. The summed E-state index contributed by atoms with van der Waals surface area (Å²) in [6.07, 6.45) is 1.69. The van der Waals surface area contributed by atoms with E-state index in [1.165, 1.54) is 15.9 Å². The molecule has 1 aromatic heterocycles. The molecule has 5 nitrogen and oxygen atoms in total. The summed E-state index contributed by atoms with van der Waals surface area (Å²) in [6.45, 7) is 3.52. The Bertz CT molecular complexity index is 1080. The second kappa shape index (κ2) is 5.95. The number of nitriles is 1. The molecule has 24 heavy (non-hydrogen) atoms. The minimum absolute atomic E-state index is 0.110. The van der Waals surface area contributed by atoms with Crippen LogP contribution in [0.2, 0.25) is 0 Å². The van der Waals surface area contributed by atoms with Crippen LogP contribution < -0.4 is 20.5 Å². The van der Waals surface area contributed by atoms with E-state index in [2.05, 4.69) is 6.07 Å². The average Bonchev–Trinajstić information content (AvgIpc) is 2.92. The van der Waals surface area contributed by atoms with Gasteiger partial charge in [0.25, 0.3) is 5.56 Å². The fourth-order valence-corrected chi connectivity index (χ4v) is 3.99. The monoisotopic (exact) mass is 337 g/mol. The number of carbonyl (C=O) groups is 1. The summed E-state index contributed by atoms with van der Waals surface area (Å²) in [6, 6.07) is 10.9. The first kappa shape index (κ1) is 16.0. The normalized spacial score (nSPS) is 17.6. The first-order valence-corrected chi connectivity index (χ1v) is 8.25. The molecule has 2 aromatic rings. The van der Waals surface area contributed by atoms with Gasteiger partial charge in [-0.15, -0.1) is 11.3 Å². The Balaban J connectivity index is 2.43. The number of nitrogens with zero attached hydrogens (tertiary/aromatic N) is 2. The molecule has 2 heterocycles. The number of benzene rings is 1. The molecule has 0 saturated heterocycles. The number of hydrogen-bond acceptors (Lipinski definition) is 5. The Hall–Kier alpha value is -2.91. The SMILES string of the molecule is C/C=c1\sc2n(c1=O)C(N)=C(C#N)C(C)C=2C(=O)c1ccccc1. The Morgan fingerprint density at radius 1 is 1.38 bits per heavy atom. The molecule has 0 radical (unpaired) electrons. The van der Waals surface area contributed by atoms with E-state index in [-0.39, 0.29) is 22.7 Å². The van der Waals surface area contributed by atoms with Crippen LogP contribution in [0.5, 0.6) is 0 Å². The molecule has 2 N–H and O–H groups in total. The number of hydrogen-bond donors (Lipinski definition) is 1. The molecule has 1 aliphatic rings. The Kier molecular flexibility index (Phi) is 3.96. The lowest BCUT2D eigenvalue weighted by molar-refractivity contribution is 0.104. The van der Waals surface area contributed by atoms with Gasteiger partial charge in [0, 0.05) is 17.1 Å². The van der Waals surface area contributed by atoms with Crippen molar-refractivity contribution in [2.75, 3.05) is 0 Å². The highest BCUT2D eigenvalue weighted by molar-refractivity contribution is 7.07. The maximum atomic E-state index is 13.0. The van der Waals surface area contributed by atoms with Crippen LogP contribution in [-0.2, 0) is 0 Å². The number of ketones is 1. The Morgan fingerprint density at radius 2 is 2.04 bits per heavy atom.